The molecule has 130 valence electrons. The van der Waals surface area contributed by atoms with E-state index in [1.54, 1.807) is 12.1 Å². The van der Waals surface area contributed by atoms with E-state index in [1.807, 2.05) is 0 Å². The zero-order valence-electron chi connectivity index (χ0n) is 13.8. The van der Waals surface area contributed by atoms with Gasteiger partial charge in [0, 0.05) is 30.2 Å². The minimum atomic E-state index is -0.702. The number of rotatable bonds is 3. The van der Waals surface area contributed by atoms with E-state index in [0.29, 0.717) is 29.2 Å². The van der Waals surface area contributed by atoms with Gasteiger partial charge in [-0.2, -0.15) is 0 Å². The molecule has 2 aromatic carbocycles. The molecule has 6 heteroatoms. The molecule has 0 aliphatic carbocycles. The maximum atomic E-state index is 13.4. The van der Waals surface area contributed by atoms with Crippen molar-refractivity contribution in [3.63, 3.8) is 0 Å². The minimum absolute atomic E-state index is 0.249. The van der Waals surface area contributed by atoms with Crippen LogP contribution in [0.5, 0.6) is 17.2 Å². The highest BCUT2D eigenvalue weighted by atomic mass is 19.1. The zero-order chi connectivity index (χ0) is 18.0. The van der Waals surface area contributed by atoms with Crippen LogP contribution in [0.1, 0.15) is 22.3 Å². The average molecular weight is 346 g/mol. The fraction of sp³-hybridized carbons (Fsp3) is 0.211. The molecule has 1 heterocycles. The first kappa shape index (κ1) is 17.0. The molecule has 1 aliphatic rings. The Labute approximate surface area is 143 Å². The molecular weight excluding hydrogens is 330 g/mol. The van der Waals surface area contributed by atoms with Crippen LogP contribution in [0.4, 0.5) is 8.78 Å². The molecule has 0 aromatic heterocycles. The molecule has 1 aliphatic heterocycles. The van der Waals surface area contributed by atoms with Crippen LogP contribution in [0, 0.1) is 11.6 Å². The third kappa shape index (κ3) is 3.47. The van der Waals surface area contributed by atoms with Crippen molar-refractivity contribution in [2.24, 2.45) is 0 Å². The van der Waals surface area contributed by atoms with E-state index in [0.717, 1.165) is 6.07 Å². The van der Waals surface area contributed by atoms with Crippen molar-refractivity contribution in [2.75, 3.05) is 20.8 Å². The Morgan fingerprint density at radius 3 is 2.40 bits per heavy atom. The molecule has 0 bridgehead atoms. The monoisotopic (exact) mass is 346 g/mol. The molecule has 0 N–H and O–H groups in total. The van der Waals surface area contributed by atoms with E-state index >= 15 is 0 Å². The summed E-state index contributed by atoms with van der Waals surface area (Å²) in [5.41, 5.74) is 0.924. The number of hydrogen-bond acceptors (Lipinski definition) is 4. The minimum Gasteiger partial charge on any atom is -0.496 e. The van der Waals surface area contributed by atoms with E-state index in [9.17, 15) is 13.6 Å². The SMILES string of the molecule is COc1cc(OC)c2c(c1)OCC/C(=C\c1cc(F)cc(F)c1)C2=O. The zero-order valence-corrected chi connectivity index (χ0v) is 13.8. The van der Waals surface area contributed by atoms with Crippen LogP contribution < -0.4 is 14.2 Å². The summed E-state index contributed by atoms with van der Waals surface area (Å²) < 4.78 is 42.9. The number of ether oxygens (including phenoxy) is 3. The first-order valence-electron chi connectivity index (χ1n) is 7.62. The number of hydrogen-bond donors (Lipinski definition) is 0. The van der Waals surface area contributed by atoms with Crippen LogP contribution in [-0.2, 0) is 0 Å². The quantitative estimate of drug-likeness (QED) is 0.787. The van der Waals surface area contributed by atoms with Crippen LogP contribution in [0.2, 0.25) is 0 Å². The molecule has 3 rings (SSSR count). The molecule has 0 saturated heterocycles. The Morgan fingerprint density at radius 2 is 1.76 bits per heavy atom. The molecule has 0 radical (unpaired) electrons. The molecule has 0 saturated carbocycles. The Balaban J connectivity index is 2.08. The van der Waals surface area contributed by atoms with Gasteiger partial charge in [0.25, 0.3) is 0 Å². The summed E-state index contributed by atoms with van der Waals surface area (Å²) in [4.78, 5) is 12.9. The van der Waals surface area contributed by atoms with Gasteiger partial charge in [-0.1, -0.05) is 0 Å². The van der Waals surface area contributed by atoms with E-state index in [1.165, 1.54) is 32.4 Å². The first-order chi connectivity index (χ1) is 12.0. The largest absolute Gasteiger partial charge is 0.496 e. The predicted octanol–water partition coefficient (Wildman–Crippen LogP) is 4.03. The highest BCUT2D eigenvalue weighted by Gasteiger charge is 2.26. The maximum absolute atomic E-state index is 13.4. The predicted molar refractivity (Wildman–Crippen MR) is 88.3 cm³/mol. The molecule has 25 heavy (non-hydrogen) atoms. The van der Waals surface area contributed by atoms with Gasteiger partial charge in [0.1, 0.15) is 34.4 Å². The van der Waals surface area contributed by atoms with Crippen molar-refractivity contribution < 1.29 is 27.8 Å². The highest BCUT2D eigenvalue weighted by Crippen LogP contribution is 2.38. The van der Waals surface area contributed by atoms with Gasteiger partial charge >= 0.3 is 0 Å². The lowest BCUT2D eigenvalue weighted by Crippen LogP contribution is -2.05. The fourth-order valence-corrected chi connectivity index (χ4v) is 2.72. The Morgan fingerprint density at radius 1 is 1.04 bits per heavy atom. The van der Waals surface area contributed by atoms with Gasteiger partial charge in [-0.15, -0.1) is 0 Å². The second kappa shape index (κ2) is 6.93. The summed E-state index contributed by atoms with van der Waals surface area (Å²) in [7, 11) is 2.95. The van der Waals surface area contributed by atoms with Crippen molar-refractivity contribution in [3.05, 3.63) is 58.7 Å². The number of carbonyl (C=O) groups is 1. The molecule has 0 atom stereocenters. The van der Waals surface area contributed by atoms with E-state index in [-0.39, 0.29) is 23.5 Å². The molecule has 4 nitrogen and oxygen atoms in total. The number of benzene rings is 2. The van der Waals surface area contributed by atoms with Crippen LogP contribution in [0.15, 0.2) is 35.9 Å². The van der Waals surface area contributed by atoms with Gasteiger partial charge in [-0.3, -0.25) is 4.79 Å². The van der Waals surface area contributed by atoms with Crippen LogP contribution >= 0.6 is 0 Å². The molecule has 2 aromatic rings. The summed E-state index contributed by atoms with van der Waals surface area (Å²) in [6, 6.07) is 6.32. The maximum Gasteiger partial charge on any atom is 0.196 e. The molecular formula is C19H16F2O4. The van der Waals surface area contributed by atoms with Crippen molar-refractivity contribution in [2.45, 2.75) is 6.42 Å². The summed E-state index contributed by atoms with van der Waals surface area (Å²) in [6.07, 6.45) is 1.77. The van der Waals surface area contributed by atoms with Crippen molar-refractivity contribution in [3.8, 4) is 17.2 Å². The molecule has 0 spiro atoms. The van der Waals surface area contributed by atoms with E-state index in [4.69, 9.17) is 14.2 Å². The van der Waals surface area contributed by atoms with Gasteiger partial charge in [-0.05, 0) is 23.8 Å². The second-order valence-electron chi connectivity index (χ2n) is 5.50. The molecule has 0 fully saturated rings. The lowest BCUT2D eigenvalue weighted by molar-refractivity contribution is 0.103. The Hall–Kier alpha value is -2.89. The lowest BCUT2D eigenvalue weighted by atomic mass is 9.98. The molecule has 0 amide bonds. The van der Waals surface area contributed by atoms with Crippen LogP contribution in [0.25, 0.3) is 6.08 Å². The van der Waals surface area contributed by atoms with Gasteiger partial charge in [0.15, 0.2) is 5.78 Å². The Bertz CT molecular complexity index is 838. The lowest BCUT2D eigenvalue weighted by Gasteiger charge is -2.12. The first-order valence-corrected chi connectivity index (χ1v) is 7.62. The second-order valence-corrected chi connectivity index (χ2v) is 5.50. The van der Waals surface area contributed by atoms with Gasteiger partial charge in [0.05, 0.1) is 20.8 Å². The summed E-state index contributed by atoms with van der Waals surface area (Å²) >= 11 is 0. The third-order valence-electron chi connectivity index (χ3n) is 3.87. The third-order valence-corrected chi connectivity index (χ3v) is 3.87. The number of carbonyl (C=O) groups excluding carboxylic acids is 1. The van der Waals surface area contributed by atoms with Crippen LogP contribution in [0.3, 0.4) is 0 Å². The number of methoxy groups -OCH3 is 2. The summed E-state index contributed by atoms with van der Waals surface area (Å²) in [6.45, 7) is 0.249. The summed E-state index contributed by atoms with van der Waals surface area (Å²) in [5, 5.41) is 0. The van der Waals surface area contributed by atoms with E-state index in [2.05, 4.69) is 0 Å². The number of ketones is 1. The van der Waals surface area contributed by atoms with Crippen molar-refractivity contribution in [1.29, 1.82) is 0 Å². The smallest absolute Gasteiger partial charge is 0.196 e. The molecule has 0 unspecified atom stereocenters. The van der Waals surface area contributed by atoms with Crippen molar-refractivity contribution >= 4 is 11.9 Å². The number of halogens is 2. The Kier molecular flexibility index (Phi) is 4.70. The number of fused-ring (bicyclic) bond motifs is 1. The van der Waals surface area contributed by atoms with Crippen molar-refractivity contribution in [1.82, 2.24) is 0 Å². The highest BCUT2D eigenvalue weighted by molar-refractivity contribution is 6.15. The summed E-state index contributed by atoms with van der Waals surface area (Å²) in [5.74, 6) is -0.536. The van der Waals surface area contributed by atoms with Gasteiger partial charge in [-0.25, -0.2) is 8.78 Å². The topological polar surface area (TPSA) is 44.8 Å². The van der Waals surface area contributed by atoms with Crippen LogP contribution in [-0.4, -0.2) is 26.6 Å². The van der Waals surface area contributed by atoms with Gasteiger partial charge in [0.2, 0.25) is 0 Å². The van der Waals surface area contributed by atoms with E-state index < -0.39 is 11.6 Å². The number of Topliss-reactive ketones (excluding diaryl/α,β-unsaturated/α-hetero) is 1. The fourth-order valence-electron chi connectivity index (χ4n) is 2.72. The standard InChI is InChI=1S/C19H16F2O4/c1-23-15-9-16(24-2)18-17(10-15)25-4-3-12(19(18)22)5-11-6-13(20)8-14(21)7-11/h5-10H,3-4H2,1-2H3/b12-5+. The van der Waals surface area contributed by atoms with Gasteiger partial charge < -0.3 is 14.2 Å². The average Bonchev–Trinajstić information content (AvgIpc) is 2.73. The normalized spacial score (nSPS) is 15.4.